The summed E-state index contributed by atoms with van der Waals surface area (Å²) >= 11 is 0. The molecule has 8 atom stereocenters. The van der Waals surface area contributed by atoms with Crippen LogP contribution in [0.4, 0.5) is 0 Å². The topological polar surface area (TPSA) is 212 Å². The Bertz CT molecular complexity index is 1300. The molecule has 0 saturated carbocycles. The molecule has 0 bridgehead atoms. The van der Waals surface area contributed by atoms with Crippen LogP contribution in [0.3, 0.4) is 0 Å². The Morgan fingerprint density at radius 1 is 0.509 bits per heavy atom. The van der Waals surface area contributed by atoms with E-state index in [4.69, 9.17) is 47.4 Å². The Morgan fingerprint density at radius 3 is 1.47 bits per heavy atom. The van der Waals surface area contributed by atoms with Crippen molar-refractivity contribution < 1.29 is 80.9 Å². The summed E-state index contributed by atoms with van der Waals surface area (Å²) in [5.41, 5.74) is 0. The van der Waals surface area contributed by atoms with E-state index in [1.54, 1.807) is 48.5 Å². The quantitative estimate of drug-likeness (QED) is 0.0822. The van der Waals surface area contributed by atoms with Gasteiger partial charge in [0.15, 0.2) is 25.1 Å². The first-order valence-electron chi connectivity index (χ1n) is 20.6. The van der Waals surface area contributed by atoms with E-state index in [9.17, 15) is 33.6 Å². The smallest absolute Gasteiger partial charge is 0.308 e. The summed E-state index contributed by atoms with van der Waals surface area (Å²) in [5.74, 6) is -6.68. The third kappa shape index (κ3) is 16.5. The van der Waals surface area contributed by atoms with Crippen molar-refractivity contribution in [3.8, 4) is 0 Å². The van der Waals surface area contributed by atoms with Gasteiger partial charge in [0, 0.05) is 51.4 Å². The number of carbonyl (C=O) groups excluding carboxylic acids is 7. The average molecular weight is 817 g/mol. The third-order valence-corrected chi connectivity index (χ3v) is 8.77. The summed E-state index contributed by atoms with van der Waals surface area (Å²) in [6, 6.07) is 0. The SMILES string of the molecule is CCCC(=O)OC[C@H]1O[C@@H](O[C@@H]2[C@@H](COC(=O)CCC)O[C@@](COC(=O)CCC)(OC(=O)CCC)[C@H]2OC(=O)CCC)C[C@@H](OC(=O)CCC)[C@H]1OC(=O)CCC. The fraction of sp³-hybridized carbons (Fsp3) is 0.825. The molecule has 2 saturated heterocycles. The molecule has 2 rings (SSSR count). The molecule has 2 fully saturated rings. The van der Waals surface area contributed by atoms with Gasteiger partial charge in [-0.2, -0.15) is 0 Å². The van der Waals surface area contributed by atoms with E-state index in [1.807, 2.05) is 0 Å². The molecule has 0 aromatic heterocycles. The molecule has 17 heteroatoms. The fourth-order valence-electron chi connectivity index (χ4n) is 6.12. The van der Waals surface area contributed by atoms with Gasteiger partial charge in [0.05, 0.1) is 0 Å². The molecule has 0 radical (unpaired) electrons. The zero-order valence-electron chi connectivity index (χ0n) is 34.7. The van der Waals surface area contributed by atoms with Gasteiger partial charge in [-0.25, -0.2) is 0 Å². The van der Waals surface area contributed by atoms with Crippen LogP contribution in [-0.2, 0) is 80.9 Å². The van der Waals surface area contributed by atoms with Crippen LogP contribution in [-0.4, -0.2) is 110 Å². The first-order chi connectivity index (χ1) is 27.3. The van der Waals surface area contributed by atoms with Crippen molar-refractivity contribution in [2.45, 2.75) is 193 Å². The maximum Gasteiger partial charge on any atom is 0.308 e. The van der Waals surface area contributed by atoms with Crippen LogP contribution < -0.4 is 0 Å². The van der Waals surface area contributed by atoms with E-state index >= 15 is 0 Å². The molecule has 0 unspecified atom stereocenters. The number of hydrogen-bond donors (Lipinski definition) is 0. The standard InChI is InChI=1S/C40H64O17/c1-8-15-29(41)48-23-27-37(53-33(45)19-12-5)26(51-32(44)18-11-4)22-36(52-27)55-38-28(24-49-30(42)16-9-2)56-40(57-35(47)21-14-7,25-50-31(43)17-10-3)39(38)54-34(46)20-13-6/h26-28,36-39H,8-25H2,1-7H3/t26-,27-,28-,36+,37-,38-,39+,40+/m1/s1. The lowest BCUT2D eigenvalue weighted by molar-refractivity contribution is -0.288. The van der Waals surface area contributed by atoms with E-state index < -0.39 is 110 Å². The van der Waals surface area contributed by atoms with Gasteiger partial charge in [-0.15, -0.1) is 0 Å². The molecule has 326 valence electrons. The predicted molar refractivity (Wildman–Crippen MR) is 199 cm³/mol. The number of ether oxygens (including phenoxy) is 10. The Labute approximate surface area is 335 Å². The summed E-state index contributed by atoms with van der Waals surface area (Å²) < 4.78 is 59.2. The van der Waals surface area contributed by atoms with Gasteiger partial charge in [0.2, 0.25) is 0 Å². The summed E-state index contributed by atoms with van der Waals surface area (Å²) in [6.45, 7) is 10.9. The Balaban J connectivity index is 2.72. The van der Waals surface area contributed by atoms with Crippen LogP contribution >= 0.6 is 0 Å². The van der Waals surface area contributed by atoms with Crippen LogP contribution in [0.15, 0.2) is 0 Å². The van der Waals surface area contributed by atoms with Gasteiger partial charge in [-0.1, -0.05) is 48.5 Å². The monoisotopic (exact) mass is 816 g/mol. The van der Waals surface area contributed by atoms with Crippen molar-refractivity contribution in [2.75, 3.05) is 19.8 Å². The number of rotatable bonds is 26. The van der Waals surface area contributed by atoms with Gasteiger partial charge in [-0.3, -0.25) is 33.6 Å². The first-order valence-corrected chi connectivity index (χ1v) is 20.6. The Morgan fingerprint density at radius 2 is 0.947 bits per heavy atom. The first kappa shape index (κ1) is 49.3. The van der Waals surface area contributed by atoms with Crippen LogP contribution in [0.25, 0.3) is 0 Å². The van der Waals surface area contributed by atoms with E-state index in [2.05, 4.69) is 0 Å². The minimum absolute atomic E-state index is 0.0273. The van der Waals surface area contributed by atoms with E-state index in [0.29, 0.717) is 44.9 Å². The average Bonchev–Trinajstić information content (AvgIpc) is 3.41. The molecule has 0 aromatic carbocycles. The molecule has 2 aliphatic rings. The molecular weight excluding hydrogens is 752 g/mol. The Kier molecular flexibility index (Phi) is 22.7. The lowest BCUT2D eigenvalue weighted by Crippen LogP contribution is -2.57. The highest BCUT2D eigenvalue weighted by Crippen LogP contribution is 2.40. The van der Waals surface area contributed by atoms with Gasteiger partial charge in [-0.05, 0) is 44.9 Å². The maximum atomic E-state index is 13.3. The highest BCUT2D eigenvalue weighted by molar-refractivity contribution is 5.73. The second-order valence-corrected chi connectivity index (χ2v) is 14.1. The van der Waals surface area contributed by atoms with E-state index in [0.717, 1.165) is 0 Å². The van der Waals surface area contributed by atoms with Gasteiger partial charge in [0.1, 0.15) is 37.6 Å². The summed E-state index contributed by atoms with van der Waals surface area (Å²) in [6.07, 6.45) is -6.23. The van der Waals surface area contributed by atoms with Crippen LogP contribution in [0.5, 0.6) is 0 Å². The summed E-state index contributed by atoms with van der Waals surface area (Å²) in [5, 5.41) is 0. The normalized spacial score (nSPS) is 25.5. The molecule has 2 heterocycles. The molecule has 0 aromatic rings. The van der Waals surface area contributed by atoms with E-state index in [-0.39, 0.29) is 51.4 Å². The van der Waals surface area contributed by atoms with Crippen molar-refractivity contribution in [1.82, 2.24) is 0 Å². The predicted octanol–water partition coefficient (Wildman–Crippen LogP) is 5.09. The minimum Gasteiger partial charge on any atom is -0.463 e. The van der Waals surface area contributed by atoms with Crippen molar-refractivity contribution >= 4 is 41.8 Å². The second kappa shape index (κ2) is 26.2. The van der Waals surface area contributed by atoms with Crippen molar-refractivity contribution in [1.29, 1.82) is 0 Å². The molecule has 0 amide bonds. The zero-order chi connectivity index (χ0) is 42.4. The fourth-order valence-corrected chi connectivity index (χ4v) is 6.12. The summed E-state index contributed by atoms with van der Waals surface area (Å²) in [4.78, 5) is 90.1. The molecule has 0 N–H and O–H groups in total. The van der Waals surface area contributed by atoms with Gasteiger partial charge < -0.3 is 47.4 Å². The van der Waals surface area contributed by atoms with Crippen LogP contribution in [0, 0.1) is 0 Å². The van der Waals surface area contributed by atoms with Crippen LogP contribution in [0.2, 0.25) is 0 Å². The lowest BCUT2D eigenvalue weighted by Gasteiger charge is -2.41. The largest absolute Gasteiger partial charge is 0.463 e. The molecule has 2 aliphatic heterocycles. The number of carbonyl (C=O) groups is 7. The zero-order valence-corrected chi connectivity index (χ0v) is 34.7. The minimum atomic E-state index is -2.26. The van der Waals surface area contributed by atoms with Crippen LogP contribution in [0.1, 0.15) is 145 Å². The number of hydrogen-bond acceptors (Lipinski definition) is 17. The lowest BCUT2D eigenvalue weighted by atomic mass is 10.00. The van der Waals surface area contributed by atoms with Crippen molar-refractivity contribution in [2.24, 2.45) is 0 Å². The third-order valence-electron chi connectivity index (χ3n) is 8.77. The molecule has 17 nitrogen and oxygen atoms in total. The van der Waals surface area contributed by atoms with Crippen molar-refractivity contribution in [3.05, 3.63) is 0 Å². The maximum absolute atomic E-state index is 13.3. The van der Waals surface area contributed by atoms with Crippen molar-refractivity contribution in [3.63, 3.8) is 0 Å². The number of esters is 7. The second-order valence-electron chi connectivity index (χ2n) is 14.1. The highest BCUT2D eigenvalue weighted by Gasteiger charge is 2.63. The van der Waals surface area contributed by atoms with Gasteiger partial charge >= 0.3 is 41.8 Å². The molecular formula is C40H64O17. The molecule has 57 heavy (non-hydrogen) atoms. The van der Waals surface area contributed by atoms with E-state index in [1.165, 1.54) is 0 Å². The summed E-state index contributed by atoms with van der Waals surface area (Å²) in [7, 11) is 0. The Hall–Kier alpha value is -3.83. The molecule has 0 aliphatic carbocycles. The van der Waals surface area contributed by atoms with Gasteiger partial charge in [0.25, 0.3) is 5.79 Å². The highest BCUT2D eigenvalue weighted by atomic mass is 16.8. The molecule has 0 spiro atoms.